The summed E-state index contributed by atoms with van der Waals surface area (Å²) >= 11 is 0. The molecule has 1 unspecified atom stereocenters. The maximum atomic E-state index is 13.0. The molecule has 2 aliphatic rings. The predicted molar refractivity (Wildman–Crippen MR) is 118 cm³/mol. The predicted octanol–water partition coefficient (Wildman–Crippen LogP) is 0.779. The number of para-hydroxylation sites is 1. The number of ether oxygens (including phenoxy) is 2. The second kappa shape index (κ2) is 9.39. The molecule has 7 nitrogen and oxygen atoms in total. The lowest BCUT2D eigenvalue weighted by atomic mass is 10.1. The van der Waals surface area contributed by atoms with Crippen molar-refractivity contribution in [3.05, 3.63) is 54.1 Å². The van der Waals surface area contributed by atoms with Crippen molar-refractivity contribution < 1.29 is 24.0 Å². The second-order valence-electron chi connectivity index (χ2n) is 8.06. The number of amides is 2. The molecule has 2 aromatic carbocycles. The first-order valence-electron chi connectivity index (χ1n) is 10.8. The van der Waals surface area contributed by atoms with Gasteiger partial charge >= 0.3 is 0 Å². The van der Waals surface area contributed by atoms with E-state index in [1.54, 1.807) is 14.2 Å². The number of carbonyl (C=O) groups is 2. The number of rotatable bonds is 7. The molecule has 2 fully saturated rings. The lowest BCUT2D eigenvalue weighted by Gasteiger charge is -2.35. The summed E-state index contributed by atoms with van der Waals surface area (Å²) in [6.45, 7) is 3.91. The SMILES string of the molecule is COc1ccc(CCN2C(=O)CC([NH+]3CCN(c4ccccc4)CC3)C2=O)cc1OC. The Hall–Kier alpha value is -3.06. The lowest BCUT2D eigenvalue weighted by Crippen LogP contribution is -3.19. The number of piperazine rings is 1. The first kappa shape index (κ1) is 21.2. The van der Waals surface area contributed by atoms with Crippen LogP contribution in [0.15, 0.2) is 48.5 Å². The molecule has 0 aromatic heterocycles. The topological polar surface area (TPSA) is 63.5 Å². The van der Waals surface area contributed by atoms with E-state index in [0.717, 1.165) is 31.7 Å². The zero-order chi connectivity index (χ0) is 21.8. The van der Waals surface area contributed by atoms with E-state index >= 15 is 0 Å². The Kier molecular flexibility index (Phi) is 6.42. The average molecular weight is 425 g/mol. The lowest BCUT2D eigenvalue weighted by molar-refractivity contribution is -0.915. The quantitative estimate of drug-likeness (QED) is 0.666. The van der Waals surface area contributed by atoms with Crippen LogP contribution in [-0.2, 0) is 16.0 Å². The Labute approximate surface area is 183 Å². The maximum absolute atomic E-state index is 13.0. The minimum atomic E-state index is -0.254. The summed E-state index contributed by atoms with van der Waals surface area (Å²) in [7, 11) is 3.20. The van der Waals surface area contributed by atoms with Crippen molar-refractivity contribution in [3.63, 3.8) is 0 Å². The Morgan fingerprint density at radius 2 is 1.68 bits per heavy atom. The van der Waals surface area contributed by atoms with Crippen LogP contribution in [0.5, 0.6) is 11.5 Å². The molecule has 1 atom stereocenters. The molecule has 2 amide bonds. The third-order valence-corrected chi connectivity index (χ3v) is 6.34. The number of nitrogens with one attached hydrogen (secondary N) is 1. The Morgan fingerprint density at radius 1 is 0.968 bits per heavy atom. The number of methoxy groups -OCH3 is 2. The van der Waals surface area contributed by atoms with Crippen LogP contribution in [0.1, 0.15) is 12.0 Å². The van der Waals surface area contributed by atoms with Gasteiger partial charge in [0.25, 0.3) is 5.91 Å². The van der Waals surface area contributed by atoms with Gasteiger partial charge in [-0.3, -0.25) is 14.5 Å². The maximum Gasteiger partial charge on any atom is 0.288 e. The highest BCUT2D eigenvalue weighted by Crippen LogP contribution is 2.28. The Morgan fingerprint density at radius 3 is 2.35 bits per heavy atom. The summed E-state index contributed by atoms with van der Waals surface area (Å²) in [5.41, 5.74) is 2.22. The monoisotopic (exact) mass is 424 g/mol. The largest absolute Gasteiger partial charge is 0.493 e. The molecule has 2 aromatic rings. The molecule has 164 valence electrons. The van der Waals surface area contributed by atoms with Gasteiger partial charge in [0.2, 0.25) is 5.91 Å². The van der Waals surface area contributed by atoms with E-state index in [0.29, 0.717) is 30.9 Å². The number of carbonyl (C=O) groups excluding carboxylic acids is 2. The van der Waals surface area contributed by atoms with Gasteiger partial charge in [-0.25, -0.2) is 0 Å². The van der Waals surface area contributed by atoms with Crippen molar-refractivity contribution in [1.82, 2.24) is 4.90 Å². The van der Waals surface area contributed by atoms with Gasteiger partial charge in [-0.1, -0.05) is 24.3 Å². The number of likely N-dealkylation sites (tertiary alicyclic amines) is 1. The summed E-state index contributed by atoms with van der Waals surface area (Å²) in [6.07, 6.45) is 0.910. The van der Waals surface area contributed by atoms with E-state index in [1.807, 2.05) is 36.4 Å². The fourth-order valence-corrected chi connectivity index (χ4v) is 4.55. The highest BCUT2D eigenvalue weighted by molar-refractivity contribution is 6.04. The van der Waals surface area contributed by atoms with Crippen molar-refractivity contribution >= 4 is 17.5 Å². The smallest absolute Gasteiger partial charge is 0.288 e. The van der Waals surface area contributed by atoms with Crippen LogP contribution in [0, 0.1) is 0 Å². The highest BCUT2D eigenvalue weighted by atomic mass is 16.5. The van der Waals surface area contributed by atoms with Crippen LogP contribution in [0.4, 0.5) is 5.69 Å². The number of hydrogen-bond acceptors (Lipinski definition) is 5. The molecule has 0 aliphatic carbocycles. The first-order chi connectivity index (χ1) is 15.1. The van der Waals surface area contributed by atoms with Gasteiger partial charge in [0, 0.05) is 12.2 Å². The zero-order valence-corrected chi connectivity index (χ0v) is 18.2. The normalized spacial score (nSPS) is 19.7. The molecule has 0 spiro atoms. The third kappa shape index (κ3) is 4.51. The average Bonchev–Trinajstić information content (AvgIpc) is 3.11. The summed E-state index contributed by atoms with van der Waals surface area (Å²) < 4.78 is 10.6. The van der Waals surface area contributed by atoms with Crippen LogP contribution in [0.2, 0.25) is 0 Å². The summed E-state index contributed by atoms with van der Waals surface area (Å²) in [6, 6.07) is 15.8. The van der Waals surface area contributed by atoms with E-state index in [4.69, 9.17) is 9.47 Å². The van der Waals surface area contributed by atoms with Crippen molar-refractivity contribution in [2.45, 2.75) is 18.9 Å². The molecular weight excluding hydrogens is 394 g/mol. The molecule has 1 N–H and O–H groups in total. The zero-order valence-electron chi connectivity index (χ0n) is 18.2. The van der Waals surface area contributed by atoms with Crippen molar-refractivity contribution in [2.75, 3.05) is 51.8 Å². The minimum absolute atomic E-state index is 0.0337. The number of hydrogen-bond donors (Lipinski definition) is 1. The van der Waals surface area contributed by atoms with Gasteiger partial charge < -0.3 is 19.3 Å². The first-order valence-corrected chi connectivity index (χ1v) is 10.8. The fourth-order valence-electron chi connectivity index (χ4n) is 4.55. The molecule has 0 radical (unpaired) electrons. The molecule has 2 aliphatic heterocycles. The minimum Gasteiger partial charge on any atom is -0.493 e. The van der Waals surface area contributed by atoms with E-state index in [-0.39, 0.29) is 17.9 Å². The highest BCUT2D eigenvalue weighted by Gasteiger charge is 2.45. The van der Waals surface area contributed by atoms with Crippen LogP contribution >= 0.6 is 0 Å². The van der Waals surface area contributed by atoms with Crippen LogP contribution in [0.25, 0.3) is 0 Å². The summed E-state index contributed by atoms with van der Waals surface area (Å²) in [5, 5.41) is 0. The molecule has 2 saturated heterocycles. The number of quaternary nitrogens is 1. The molecular formula is C24H30N3O4+. The Bertz CT molecular complexity index is 926. The van der Waals surface area contributed by atoms with E-state index in [2.05, 4.69) is 17.0 Å². The molecule has 0 bridgehead atoms. The fraction of sp³-hybridized carbons (Fsp3) is 0.417. The third-order valence-electron chi connectivity index (χ3n) is 6.34. The van der Waals surface area contributed by atoms with Crippen LogP contribution in [0.3, 0.4) is 0 Å². The number of nitrogens with zero attached hydrogens (tertiary/aromatic N) is 2. The van der Waals surface area contributed by atoms with E-state index in [9.17, 15) is 9.59 Å². The van der Waals surface area contributed by atoms with Crippen molar-refractivity contribution in [3.8, 4) is 11.5 Å². The van der Waals surface area contributed by atoms with Gasteiger partial charge in [0.15, 0.2) is 17.5 Å². The molecule has 31 heavy (non-hydrogen) atoms. The number of imide groups is 1. The Balaban J connectivity index is 1.34. The van der Waals surface area contributed by atoms with Crippen LogP contribution < -0.4 is 19.3 Å². The van der Waals surface area contributed by atoms with E-state index < -0.39 is 0 Å². The number of anilines is 1. The molecule has 0 saturated carbocycles. The van der Waals surface area contributed by atoms with Crippen molar-refractivity contribution in [1.29, 1.82) is 0 Å². The summed E-state index contributed by atoms with van der Waals surface area (Å²) in [5.74, 6) is 1.22. The standard InChI is InChI=1S/C24H29N3O4/c1-30-21-9-8-18(16-22(21)31-2)10-11-27-23(28)17-20(24(27)29)26-14-12-25(13-15-26)19-6-4-3-5-7-19/h3-9,16,20H,10-15,17H2,1-2H3/p+1. The summed E-state index contributed by atoms with van der Waals surface area (Å²) in [4.78, 5) is 30.7. The van der Waals surface area contributed by atoms with Gasteiger partial charge in [0.05, 0.1) is 46.8 Å². The van der Waals surface area contributed by atoms with Crippen LogP contribution in [-0.4, -0.2) is 69.7 Å². The van der Waals surface area contributed by atoms with E-state index in [1.165, 1.54) is 15.5 Å². The van der Waals surface area contributed by atoms with Gasteiger partial charge in [0.1, 0.15) is 0 Å². The van der Waals surface area contributed by atoms with Gasteiger partial charge in [-0.2, -0.15) is 0 Å². The van der Waals surface area contributed by atoms with Gasteiger partial charge in [-0.05, 0) is 36.2 Å². The molecule has 4 rings (SSSR count). The van der Waals surface area contributed by atoms with Crippen molar-refractivity contribution in [2.24, 2.45) is 0 Å². The number of benzene rings is 2. The second-order valence-corrected chi connectivity index (χ2v) is 8.06. The van der Waals surface area contributed by atoms with Gasteiger partial charge in [-0.15, -0.1) is 0 Å². The molecule has 2 heterocycles. The molecule has 7 heteroatoms.